The zero-order valence-corrected chi connectivity index (χ0v) is 11.4. The maximum atomic E-state index is 11.8. The summed E-state index contributed by atoms with van der Waals surface area (Å²) >= 11 is 0. The summed E-state index contributed by atoms with van der Waals surface area (Å²) in [6.45, 7) is 2.95. The monoisotopic (exact) mass is 249 g/mol. The molecule has 0 spiro atoms. The highest BCUT2D eigenvalue weighted by molar-refractivity contribution is 5.75. The van der Waals surface area contributed by atoms with Crippen LogP contribution in [0.5, 0.6) is 0 Å². The maximum Gasteiger partial charge on any atom is 0.222 e. The number of benzene rings is 1. The molecule has 1 aromatic carbocycles. The number of rotatable bonds is 7. The third-order valence-electron chi connectivity index (χ3n) is 3.08. The lowest BCUT2D eigenvalue weighted by Crippen LogP contribution is -2.25. The van der Waals surface area contributed by atoms with Crippen molar-refractivity contribution in [1.29, 1.82) is 0 Å². The Bertz CT molecular complexity index is 359. The van der Waals surface area contributed by atoms with Crippen LogP contribution in [0.25, 0.3) is 0 Å². The van der Waals surface area contributed by atoms with Gasteiger partial charge in [-0.2, -0.15) is 0 Å². The van der Waals surface area contributed by atoms with Crippen molar-refractivity contribution >= 4 is 5.91 Å². The lowest BCUT2D eigenvalue weighted by molar-refractivity contribution is -0.130. The second-order valence-electron chi connectivity index (χ2n) is 4.60. The predicted molar refractivity (Wildman–Crippen MR) is 73.2 cm³/mol. The molecule has 0 aliphatic heterocycles. The van der Waals surface area contributed by atoms with Crippen molar-refractivity contribution in [1.82, 2.24) is 4.90 Å². The van der Waals surface area contributed by atoms with Gasteiger partial charge in [0.05, 0.1) is 0 Å². The van der Waals surface area contributed by atoms with Crippen LogP contribution in [0.4, 0.5) is 0 Å². The van der Waals surface area contributed by atoms with E-state index in [-0.39, 0.29) is 12.5 Å². The number of carbonyl (C=O) groups excluding carboxylic acids is 1. The van der Waals surface area contributed by atoms with E-state index in [0.29, 0.717) is 19.4 Å². The molecule has 18 heavy (non-hydrogen) atoms. The van der Waals surface area contributed by atoms with E-state index in [4.69, 9.17) is 5.11 Å². The number of aryl methyl sites for hydroxylation is 1. The second kappa shape index (κ2) is 7.88. The van der Waals surface area contributed by atoms with Crippen molar-refractivity contribution in [3.8, 4) is 0 Å². The van der Waals surface area contributed by atoms with Gasteiger partial charge in [-0.1, -0.05) is 31.2 Å². The SMILES string of the molecule is CCc1ccc(CN(C)C(=O)CCCCO)cc1. The first-order chi connectivity index (χ1) is 8.67. The van der Waals surface area contributed by atoms with Crippen LogP contribution >= 0.6 is 0 Å². The summed E-state index contributed by atoms with van der Waals surface area (Å²) in [4.78, 5) is 13.5. The first-order valence-corrected chi connectivity index (χ1v) is 6.60. The highest BCUT2D eigenvalue weighted by Gasteiger charge is 2.08. The van der Waals surface area contributed by atoms with Crippen molar-refractivity contribution < 1.29 is 9.90 Å². The molecule has 3 heteroatoms. The van der Waals surface area contributed by atoms with Crippen LogP contribution in [0.15, 0.2) is 24.3 Å². The summed E-state index contributed by atoms with van der Waals surface area (Å²) < 4.78 is 0. The van der Waals surface area contributed by atoms with Gasteiger partial charge >= 0.3 is 0 Å². The van der Waals surface area contributed by atoms with Crippen LogP contribution in [-0.2, 0) is 17.8 Å². The van der Waals surface area contributed by atoms with E-state index in [1.165, 1.54) is 5.56 Å². The molecule has 1 amide bonds. The van der Waals surface area contributed by atoms with E-state index in [0.717, 1.165) is 18.4 Å². The molecule has 0 fully saturated rings. The molecule has 1 rings (SSSR count). The quantitative estimate of drug-likeness (QED) is 0.754. The normalized spacial score (nSPS) is 10.4. The van der Waals surface area contributed by atoms with Crippen molar-refractivity contribution in [2.45, 2.75) is 39.2 Å². The first kappa shape index (κ1) is 14.7. The van der Waals surface area contributed by atoms with Gasteiger partial charge in [-0.3, -0.25) is 4.79 Å². The summed E-state index contributed by atoms with van der Waals surface area (Å²) in [5.74, 6) is 0.142. The summed E-state index contributed by atoms with van der Waals surface area (Å²) in [7, 11) is 1.83. The van der Waals surface area contributed by atoms with Crippen molar-refractivity contribution in [2.75, 3.05) is 13.7 Å². The molecule has 0 unspecified atom stereocenters. The zero-order chi connectivity index (χ0) is 13.4. The highest BCUT2D eigenvalue weighted by Crippen LogP contribution is 2.09. The third kappa shape index (κ3) is 4.88. The summed E-state index contributed by atoms with van der Waals surface area (Å²) in [5.41, 5.74) is 2.47. The molecule has 3 nitrogen and oxygen atoms in total. The van der Waals surface area contributed by atoms with Gasteiger partial charge < -0.3 is 10.0 Å². The average Bonchev–Trinajstić information content (AvgIpc) is 2.39. The highest BCUT2D eigenvalue weighted by atomic mass is 16.3. The fourth-order valence-corrected chi connectivity index (χ4v) is 1.82. The minimum atomic E-state index is 0.142. The molecule has 0 saturated heterocycles. The number of unbranched alkanes of at least 4 members (excludes halogenated alkanes) is 1. The van der Waals surface area contributed by atoms with Gasteiger partial charge in [-0.25, -0.2) is 0 Å². The maximum absolute atomic E-state index is 11.8. The van der Waals surface area contributed by atoms with Crippen LogP contribution < -0.4 is 0 Å². The number of carbonyl (C=O) groups is 1. The van der Waals surface area contributed by atoms with E-state index >= 15 is 0 Å². The van der Waals surface area contributed by atoms with Crippen molar-refractivity contribution in [3.63, 3.8) is 0 Å². The molecule has 100 valence electrons. The molecule has 0 aliphatic carbocycles. The fraction of sp³-hybridized carbons (Fsp3) is 0.533. The van der Waals surface area contributed by atoms with E-state index < -0.39 is 0 Å². The van der Waals surface area contributed by atoms with Gasteiger partial charge in [0.2, 0.25) is 5.91 Å². The Kier molecular flexibility index (Phi) is 6.44. The molecule has 0 aromatic heterocycles. The topological polar surface area (TPSA) is 40.5 Å². The number of aliphatic hydroxyl groups is 1. The number of hydrogen-bond acceptors (Lipinski definition) is 2. The number of nitrogens with zero attached hydrogens (tertiary/aromatic N) is 1. The minimum absolute atomic E-state index is 0.142. The molecular weight excluding hydrogens is 226 g/mol. The van der Waals surface area contributed by atoms with Crippen LogP contribution in [-0.4, -0.2) is 29.6 Å². The number of hydrogen-bond donors (Lipinski definition) is 1. The first-order valence-electron chi connectivity index (χ1n) is 6.60. The molecule has 0 bridgehead atoms. The molecule has 0 aliphatic rings. The third-order valence-corrected chi connectivity index (χ3v) is 3.08. The summed E-state index contributed by atoms with van der Waals surface area (Å²) in [6, 6.07) is 8.38. The Morgan fingerprint density at radius 3 is 2.33 bits per heavy atom. The van der Waals surface area contributed by atoms with Crippen molar-refractivity contribution in [3.05, 3.63) is 35.4 Å². The zero-order valence-electron chi connectivity index (χ0n) is 11.4. The van der Waals surface area contributed by atoms with Gasteiger partial charge in [-0.15, -0.1) is 0 Å². The molecule has 0 heterocycles. The Morgan fingerprint density at radius 2 is 1.78 bits per heavy atom. The van der Waals surface area contributed by atoms with E-state index in [2.05, 4.69) is 31.2 Å². The second-order valence-corrected chi connectivity index (χ2v) is 4.60. The molecular formula is C15H23NO2. The number of aliphatic hydroxyl groups excluding tert-OH is 1. The van der Waals surface area contributed by atoms with Gasteiger partial charge in [0.1, 0.15) is 0 Å². The lowest BCUT2D eigenvalue weighted by Gasteiger charge is -2.17. The van der Waals surface area contributed by atoms with E-state index in [1.807, 2.05) is 7.05 Å². The smallest absolute Gasteiger partial charge is 0.222 e. The van der Waals surface area contributed by atoms with Crippen LogP contribution in [0.2, 0.25) is 0 Å². The van der Waals surface area contributed by atoms with Crippen molar-refractivity contribution in [2.24, 2.45) is 0 Å². The van der Waals surface area contributed by atoms with Crippen LogP contribution in [0.1, 0.15) is 37.3 Å². The predicted octanol–water partition coefficient (Wildman–Crippen LogP) is 2.37. The lowest BCUT2D eigenvalue weighted by atomic mass is 10.1. The van der Waals surface area contributed by atoms with Gasteiger partial charge in [-0.05, 0) is 30.4 Å². The number of amides is 1. The van der Waals surface area contributed by atoms with Crippen LogP contribution in [0, 0.1) is 0 Å². The molecule has 0 radical (unpaired) electrons. The molecule has 1 N–H and O–H groups in total. The molecule has 0 atom stereocenters. The Morgan fingerprint density at radius 1 is 1.17 bits per heavy atom. The van der Waals surface area contributed by atoms with E-state index in [9.17, 15) is 4.79 Å². The summed E-state index contributed by atoms with van der Waals surface area (Å²) in [5, 5.41) is 8.68. The average molecular weight is 249 g/mol. The van der Waals surface area contributed by atoms with Gasteiger partial charge in [0.15, 0.2) is 0 Å². The van der Waals surface area contributed by atoms with Gasteiger partial charge in [0, 0.05) is 26.6 Å². The molecule has 1 aromatic rings. The molecule has 0 saturated carbocycles. The minimum Gasteiger partial charge on any atom is -0.396 e. The largest absolute Gasteiger partial charge is 0.396 e. The fourth-order valence-electron chi connectivity index (χ4n) is 1.82. The Hall–Kier alpha value is -1.35. The summed E-state index contributed by atoms with van der Waals surface area (Å²) in [6.07, 6.45) is 3.01. The van der Waals surface area contributed by atoms with Crippen LogP contribution in [0.3, 0.4) is 0 Å². The van der Waals surface area contributed by atoms with Gasteiger partial charge in [0.25, 0.3) is 0 Å². The Balaban J connectivity index is 2.42. The van der Waals surface area contributed by atoms with E-state index in [1.54, 1.807) is 4.90 Å². The Labute approximate surface area is 109 Å². The standard InChI is InChI=1S/C15H23NO2/c1-3-13-7-9-14(10-8-13)12-16(2)15(18)6-4-5-11-17/h7-10,17H,3-6,11-12H2,1-2H3.